The second-order valence-corrected chi connectivity index (χ2v) is 4.56. The van der Waals surface area contributed by atoms with Gasteiger partial charge in [0.05, 0.1) is 0 Å². The number of rotatable bonds is 5. The van der Waals surface area contributed by atoms with Crippen molar-refractivity contribution in [3.05, 3.63) is 34.6 Å². The summed E-state index contributed by atoms with van der Waals surface area (Å²) >= 11 is 5.75. The van der Waals surface area contributed by atoms with Crippen molar-refractivity contribution < 1.29 is 4.39 Å². The Morgan fingerprint density at radius 2 is 2.07 bits per heavy atom. The van der Waals surface area contributed by atoms with Gasteiger partial charge in [-0.1, -0.05) is 25.4 Å². The Morgan fingerprint density at radius 3 is 2.67 bits per heavy atom. The predicted molar refractivity (Wildman–Crippen MR) is 62.8 cm³/mol. The number of hydrogen-bond donors (Lipinski definition) is 1. The molecule has 1 aromatic carbocycles. The molecule has 0 amide bonds. The molecule has 1 N–H and O–H groups in total. The molecule has 1 aromatic rings. The zero-order chi connectivity index (χ0) is 11.3. The van der Waals surface area contributed by atoms with Crippen molar-refractivity contribution >= 4 is 11.6 Å². The van der Waals surface area contributed by atoms with E-state index in [1.54, 1.807) is 0 Å². The van der Waals surface area contributed by atoms with Gasteiger partial charge in [0.25, 0.3) is 0 Å². The Balaban J connectivity index is 2.37. The molecule has 0 radical (unpaired) electrons. The van der Waals surface area contributed by atoms with Gasteiger partial charge in [0, 0.05) is 5.02 Å². The van der Waals surface area contributed by atoms with Crippen molar-refractivity contribution in [3.8, 4) is 0 Å². The first kappa shape index (κ1) is 12.5. The van der Waals surface area contributed by atoms with Crippen LogP contribution in [0.15, 0.2) is 18.2 Å². The van der Waals surface area contributed by atoms with E-state index in [1.165, 1.54) is 12.1 Å². The zero-order valence-electron chi connectivity index (χ0n) is 9.19. The summed E-state index contributed by atoms with van der Waals surface area (Å²) < 4.78 is 13.0. The lowest BCUT2D eigenvalue weighted by atomic mass is 10.1. The maximum absolute atomic E-state index is 13.0. The highest BCUT2D eigenvalue weighted by Gasteiger charge is 1.99. The minimum Gasteiger partial charge on any atom is -0.316 e. The zero-order valence-corrected chi connectivity index (χ0v) is 9.94. The lowest BCUT2D eigenvalue weighted by Gasteiger charge is -2.07. The van der Waals surface area contributed by atoms with Gasteiger partial charge in [0.2, 0.25) is 0 Å². The molecule has 0 saturated carbocycles. The third kappa shape index (κ3) is 5.14. The molecule has 0 aliphatic heterocycles. The third-order valence-electron chi connectivity index (χ3n) is 2.07. The molecule has 1 rings (SSSR count). The van der Waals surface area contributed by atoms with E-state index in [2.05, 4.69) is 19.2 Å². The number of halogens is 2. The second-order valence-electron chi connectivity index (χ2n) is 4.13. The van der Waals surface area contributed by atoms with Crippen LogP contribution in [0, 0.1) is 11.7 Å². The molecule has 0 atom stereocenters. The largest absolute Gasteiger partial charge is 0.316 e. The summed E-state index contributed by atoms with van der Waals surface area (Å²) in [5, 5.41) is 3.77. The summed E-state index contributed by atoms with van der Waals surface area (Å²) in [5.41, 5.74) is 0.941. The van der Waals surface area contributed by atoms with E-state index < -0.39 is 0 Å². The molecule has 0 aliphatic carbocycles. The fraction of sp³-hybridized carbons (Fsp3) is 0.500. The van der Waals surface area contributed by atoms with Crippen molar-refractivity contribution in [2.24, 2.45) is 5.92 Å². The molecule has 1 nitrogen and oxygen atoms in total. The van der Waals surface area contributed by atoms with Gasteiger partial charge < -0.3 is 5.32 Å². The van der Waals surface area contributed by atoms with E-state index in [4.69, 9.17) is 11.6 Å². The average molecular weight is 230 g/mol. The van der Waals surface area contributed by atoms with E-state index in [0.717, 1.165) is 25.1 Å². The quantitative estimate of drug-likeness (QED) is 0.765. The minimum atomic E-state index is -0.263. The van der Waals surface area contributed by atoms with E-state index in [-0.39, 0.29) is 5.82 Å². The van der Waals surface area contributed by atoms with Gasteiger partial charge in [0.1, 0.15) is 5.82 Å². The Hall–Kier alpha value is -0.600. The highest BCUT2D eigenvalue weighted by Crippen LogP contribution is 2.14. The Kier molecular flexibility index (Phi) is 5.06. The molecule has 0 fully saturated rings. The Morgan fingerprint density at radius 1 is 1.33 bits per heavy atom. The van der Waals surface area contributed by atoms with Crippen LogP contribution < -0.4 is 5.32 Å². The van der Waals surface area contributed by atoms with Gasteiger partial charge in [0.15, 0.2) is 0 Å². The van der Waals surface area contributed by atoms with Gasteiger partial charge >= 0.3 is 0 Å². The molecular weight excluding hydrogens is 213 g/mol. The lowest BCUT2D eigenvalue weighted by molar-refractivity contribution is 0.553. The molecule has 0 unspecified atom stereocenters. The van der Waals surface area contributed by atoms with Crippen molar-refractivity contribution in [1.29, 1.82) is 0 Å². The smallest absolute Gasteiger partial charge is 0.124 e. The topological polar surface area (TPSA) is 12.0 Å². The maximum atomic E-state index is 13.0. The van der Waals surface area contributed by atoms with Crippen molar-refractivity contribution in [2.75, 3.05) is 13.1 Å². The molecular formula is C12H17ClFN. The fourth-order valence-corrected chi connectivity index (χ4v) is 1.62. The van der Waals surface area contributed by atoms with Crippen LogP contribution >= 0.6 is 11.6 Å². The fourth-order valence-electron chi connectivity index (χ4n) is 1.38. The van der Waals surface area contributed by atoms with E-state index in [1.807, 2.05) is 6.07 Å². The van der Waals surface area contributed by atoms with Crippen LogP contribution in [0.4, 0.5) is 4.39 Å². The van der Waals surface area contributed by atoms with Crippen LogP contribution in [0.5, 0.6) is 0 Å². The predicted octanol–water partition coefficient (Wildman–Crippen LogP) is 3.27. The molecule has 0 bridgehead atoms. The first-order chi connectivity index (χ1) is 7.08. The number of benzene rings is 1. The third-order valence-corrected chi connectivity index (χ3v) is 2.28. The summed E-state index contributed by atoms with van der Waals surface area (Å²) in [5.74, 6) is 0.377. The van der Waals surface area contributed by atoms with E-state index in [9.17, 15) is 4.39 Å². The van der Waals surface area contributed by atoms with E-state index >= 15 is 0 Å². The van der Waals surface area contributed by atoms with Crippen molar-refractivity contribution in [3.63, 3.8) is 0 Å². The highest BCUT2D eigenvalue weighted by molar-refractivity contribution is 6.30. The Bertz CT molecular complexity index is 292. The molecule has 0 heterocycles. The average Bonchev–Trinajstić information content (AvgIpc) is 2.10. The SMILES string of the molecule is CC(C)CNCCc1cc(F)cc(Cl)c1. The molecule has 3 heteroatoms. The summed E-state index contributed by atoms with van der Waals surface area (Å²) in [4.78, 5) is 0. The molecule has 0 aliphatic rings. The summed E-state index contributed by atoms with van der Waals surface area (Å²) in [7, 11) is 0. The van der Waals surface area contributed by atoms with Crippen LogP contribution in [0.3, 0.4) is 0 Å². The molecule has 0 saturated heterocycles. The maximum Gasteiger partial charge on any atom is 0.124 e. The first-order valence-corrected chi connectivity index (χ1v) is 5.61. The van der Waals surface area contributed by atoms with Crippen molar-refractivity contribution in [2.45, 2.75) is 20.3 Å². The number of nitrogens with one attached hydrogen (secondary N) is 1. The highest BCUT2D eigenvalue weighted by atomic mass is 35.5. The van der Waals surface area contributed by atoms with Gasteiger partial charge in [-0.25, -0.2) is 4.39 Å². The molecule has 84 valence electrons. The van der Waals surface area contributed by atoms with Crippen LogP contribution in [-0.4, -0.2) is 13.1 Å². The normalized spacial score (nSPS) is 11.0. The standard InChI is InChI=1S/C12H17ClFN/c1-9(2)8-15-4-3-10-5-11(13)7-12(14)6-10/h5-7,9,15H,3-4,8H2,1-2H3. The summed E-state index contributed by atoms with van der Waals surface area (Å²) in [6, 6.07) is 4.66. The van der Waals surface area contributed by atoms with Crippen molar-refractivity contribution in [1.82, 2.24) is 5.32 Å². The van der Waals surface area contributed by atoms with E-state index in [0.29, 0.717) is 10.9 Å². The van der Waals surface area contributed by atoms with Crippen LogP contribution in [0.25, 0.3) is 0 Å². The lowest BCUT2D eigenvalue weighted by Crippen LogP contribution is -2.22. The monoisotopic (exact) mass is 229 g/mol. The molecule has 0 aromatic heterocycles. The van der Waals surface area contributed by atoms with Gasteiger partial charge in [-0.2, -0.15) is 0 Å². The second kappa shape index (κ2) is 6.09. The summed E-state index contributed by atoms with van der Waals surface area (Å²) in [6.07, 6.45) is 0.810. The van der Waals surface area contributed by atoms with Crippen LogP contribution in [0.1, 0.15) is 19.4 Å². The van der Waals surface area contributed by atoms with Crippen LogP contribution in [0.2, 0.25) is 5.02 Å². The minimum absolute atomic E-state index is 0.263. The van der Waals surface area contributed by atoms with Gasteiger partial charge in [-0.05, 0) is 49.2 Å². The van der Waals surface area contributed by atoms with Gasteiger partial charge in [-0.15, -0.1) is 0 Å². The first-order valence-electron chi connectivity index (χ1n) is 5.23. The number of hydrogen-bond acceptors (Lipinski definition) is 1. The van der Waals surface area contributed by atoms with Gasteiger partial charge in [-0.3, -0.25) is 0 Å². The molecule has 15 heavy (non-hydrogen) atoms. The summed E-state index contributed by atoms with van der Waals surface area (Å²) in [6.45, 7) is 6.17. The Labute approximate surface area is 95.6 Å². The molecule has 0 spiro atoms. The van der Waals surface area contributed by atoms with Crippen LogP contribution in [-0.2, 0) is 6.42 Å².